The van der Waals surface area contributed by atoms with Gasteiger partial charge in [0.1, 0.15) is 5.75 Å². The molecule has 5 aromatic rings. The van der Waals surface area contributed by atoms with Gasteiger partial charge in [-0.25, -0.2) is 0 Å². The number of amides is 1. The summed E-state index contributed by atoms with van der Waals surface area (Å²) in [7, 11) is 1.69. The molecule has 1 fully saturated rings. The minimum Gasteiger partial charge on any atom is -0.495 e. The molecule has 0 radical (unpaired) electrons. The fourth-order valence-electron chi connectivity index (χ4n) is 6.01. The van der Waals surface area contributed by atoms with Crippen molar-refractivity contribution in [2.45, 2.75) is 25.9 Å². The Bertz CT molecular complexity index is 1770. The van der Waals surface area contributed by atoms with Crippen LogP contribution in [0.2, 0.25) is 0 Å². The van der Waals surface area contributed by atoms with Crippen LogP contribution in [0.15, 0.2) is 97.5 Å². The van der Waals surface area contributed by atoms with Gasteiger partial charge in [0.15, 0.2) is 0 Å². The van der Waals surface area contributed by atoms with Gasteiger partial charge in [-0.2, -0.15) is 5.26 Å². The van der Waals surface area contributed by atoms with E-state index in [1.807, 2.05) is 59.6 Å². The lowest BCUT2D eigenvalue weighted by atomic mass is 9.97. The van der Waals surface area contributed by atoms with Crippen molar-refractivity contribution in [1.82, 2.24) is 14.9 Å². The number of fused-ring (bicyclic) bond motifs is 1. The highest BCUT2D eigenvalue weighted by Crippen LogP contribution is 2.39. The Kier molecular flexibility index (Phi) is 7.28. The van der Waals surface area contributed by atoms with Crippen LogP contribution in [0, 0.1) is 11.3 Å². The second-order valence-electron chi connectivity index (χ2n) is 10.7. The van der Waals surface area contributed by atoms with Gasteiger partial charge < -0.3 is 14.5 Å². The molecule has 7 nitrogen and oxygen atoms in total. The third-order valence-corrected chi connectivity index (χ3v) is 7.98. The van der Waals surface area contributed by atoms with E-state index in [9.17, 15) is 4.79 Å². The molecule has 1 aliphatic heterocycles. The van der Waals surface area contributed by atoms with Crippen LogP contribution < -0.4 is 9.64 Å². The smallest absolute Gasteiger partial charge is 0.256 e. The Morgan fingerprint density at radius 3 is 2.21 bits per heavy atom. The first kappa shape index (κ1) is 27.0. The summed E-state index contributed by atoms with van der Waals surface area (Å²) in [5, 5.41) is 10.1. The van der Waals surface area contributed by atoms with E-state index in [0.717, 1.165) is 57.7 Å². The molecule has 3 heterocycles. The van der Waals surface area contributed by atoms with Crippen molar-refractivity contribution >= 4 is 22.5 Å². The van der Waals surface area contributed by atoms with Crippen LogP contribution >= 0.6 is 0 Å². The number of pyridine rings is 2. The average molecular weight is 554 g/mol. The highest BCUT2D eigenvalue weighted by atomic mass is 16.5. The molecule has 0 unspecified atom stereocenters. The number of para-hydroxylation sites is 1. The van der Waals surface area contributed by atoms with Gasteiger partial charge in [-0.05, 0) is 67.4 Å². The average Bonchev–Trinajstić information content (AvgIpc) is 3.04. The van der Waals surface area contributed by atoms with Crippen LogP contribution in [-0.4, -0.2) is 53.1 Å². The Morgan fingerprint density at radius 1 is 0.881 bits per heavy atom. The number of anilines is 1. The molecule has 208 valence electrons. The van der Waals surface area contributed by atoms with E-state index in [1.54, 1.807) is 25.6 Å². The minimum absolute atomic E-state index is 0.0244. The number of benzene rings is 3. The largest absolute Gasteiger partial charge is 0.495 e. The number of methoxy groups -OCH3 is 1. The summed E-state index contributed by atoms with van der Waals surface area (Å²) in [6.45, 7) is 5.69. The number of nitriles is 1. The first-order valence-corrected chi connectivity index (χ1v) is 14.0. The van der Waals surface area contributed by atoms with Gasteiger partial charge in [0.2, 0.25) is 0 Å². The lowest BCUT2D eigenvalue weighted by Crippen LogP contribution is -2.58. The van der Waals surface area contributed by atoms with E-state index in [2.05, 4.69) is 54.1 Å². The van der Waals surface area contributed by atoms with Crippen LogP contribution in [0.5, 0.6) is 5.75 Å². The third kappa shape index (κ3) is 4.92. The maximum absolute atomic E-state index is 13.2. The van der Waals surface area contributed by atoms with Gasteiger partial charge in [-0.1, -0.05) is 36.4 Å². The number of ether oxygens (including phenoxy) is 1. The highest BCUT2D eigenvalue weighted by molar-refractivity contribution is 6.00. The molecule has 0 aliphatic carbocycles. The second-order valence-corrected chi connectivity index (χ2v) is 10.7. The van der Waals surface area contributed by atoms with Crippen LogP contribution in [0.25, 0.3) is 33.2 Å². The fraction of sp³-hybridized carbons (Fsp3) is 0.200. The Hall–Kier alpha value is -5.22. The third-order valence-electron chi connectivity index (χ3n) is 7.98. The molecule has 0 saturated carbocycles. The Balaban J connectivity index is 1.26. The molecular formula is C35H31N5O2. The number of carbonyl (C=O) groups is 1. The van der Waals surface area contributed by atoms with Gasteiger partial charge in [-0.3, -0.25) is 14.8 Å². The molecule has 1 saturated heterocycles. The van der Waals surface area contributed by atoms with E-state index < -0.39 is 0 Å². The van der Waals surface area contributed by atoms with Crippen LogP contribution in [-0.2, 0) is 0 Å². The summed E-state index contributed by atoms with van der Waals surface area (Å²) < 4.78 is 5.95. The maximum Gasteiger partial charge on any atom is 0.256 e. The van der Waals surface area contributed by atoms with Gasteiger partial charge >= 0.3 is 0 Å². The van der Waals surface area contributed by atoms with Crippen LogP contribution in [0.1, 0.15) is 29.8 Å². The molecule has 0 bridgehead atoms. The van der Waals surface area contributed by atoms with Crippen LogP contribution in [0.3, 0.4) is 0 Å². The number of hydrogen-bond acceptors (Lipinski definition) is 6. The molecule has 0 spiro atoms. The normalized spacial score (nSPS) is 16.7. The zero-order valence-electron chi connectivity index (χ0n) is 23.9. The summed E-state index contributed by atoms with van der Waals surface area (Å²) in [5.74, 6) is 0.796. The van der Waals surface area contributed by atoms with Crippen molar-refractivity contribution in [3.63, 3.8) is 0 Å². The Labute approximate surface area is 245 Å². The SMILES string of the molecule is COc1c(-c2ccc(N3C[C@@H](C)N(C(=O)c4cccnc4)[C@@H](C)C3)cc2)cnc2c(-c3ccc(C#N)cc3)cccc12. The van der Waals surface area contributed by atoms with Crippen molar-refractivity contribution in [1.29, 1.82) is 5.26 Å². The van der Waals surface area contributed by atoms with Gasteiger partial charge in [0.05, 0.1) is 29.8 Å². The number of rotatable bonds is 5. The zero-order valence-corrected chi connectivity index (χ0v) is 23.9. The minimum atomic E-state index is 0.0244. The molecule has 1 amide bonds. The molecule has 2 atom stereocenters. The summed E-state index contributed by atoms with van der Waals surface area (Å²) in [6.07, 6.45) is 5.19. The molecule has 1 aliphatic rings. The Morgan fingerprint density at radius 2 is 1.57 bits per heavy atom. The van der Waals surface area contributed by atoms with E-state index in [0.29, 0.717) is 11.1 Å². The number of piperazine rings is 1. The molecule has 3 aromatic carbocycles. The number of nitrogens with zero attached hydrogens (tertiary/aromatic N) is 5. The molecular weight excluding hydrogens is 522 g/mol. The van der Waals surface area contributed by atoms with Crippen molar-refractivity contribution in [2.75, 3.05) is 25.1 Å². The van der Waals surface area contributed by atoms with Crippen LogP contribution in [0.4, 0.5) is 5.69 Å². The first-order valence-electron chi connectivity index (χ1n) is 14.0. The number of carbonyl (C=O) groups excluding carboxylic acids is 1. The second kappa shape index (κ2) is 11.3. The zero-order chi connectivity index (χ0) is 29.2. The predicted molar refractivity (Wildman–Crippen MR) is 165 cm³/mol. The van der Waals surface area contributed by atoms with Gasteiger partial charge in [0.25, 0.3) is 5.91 Å². The van der Waals surface area contributed by atoms with Crippen molar-refractivity contribution < 1.29 is 9.53 Å². The summed E-state index contributed by atoms with van der Waals surface area (Å²) in [5.41, 5.74) is 7.12. The highest BCUT2D eigenvalue weighted by Gasteiger charge is 2.33. The van der Waals surface area contributed by atoms with Crippen molar-refractivity contribution in [2.24, 2.45) is 0 Å². The molecule has 6 rings (SSSR count). The topological polar surface area (TPSA) is 82.3 Å². The summed E-state index contributed by atoms with van der Waals surface area (Å²) in [4.78, 5) is 26.5. The quantitative estimate of drug-likeness (QED) is 0.244. The molecule has 2 aromatic heterocycles. The van der Waals surface area contributed by atoms with E-state index in [-0.39, 0.29) is 18.0 Å². The van der Waals surface area contributed by atoms with Crippen molar-refractivity contribution in [3.8, 4) is 34.1 Å². The van der Waals surface area contributed by atoms with Gasteiger partial charge in [0, 0.05) is 66.0 Å². The van der Waals surface area contributed by atoms with Gasteiger partial charge in [-0.15, -0.1) is 0 Å². The van der Waals surface area contributed by atoms with E-state index >= 15 is 0 Å². The summed E-state index contributed by atoms with van der Waals surface area (Å²) in [6, 6.07) is 28.0. The molecule has 42 heavy (non-hydrogen) atoms. The first-order chi connectivity index (χ1) is 20.5. The number of hydrogen-bond donors (Lipinski definition) is 0. The maximum atomic E-state index is 13.2. The standard InChI is InChI=1S/C35H31N5O2/c1-23-21-39(22-24(2)40(23)35(41)28-6-5-17-37-19-28)29-15-13-27(14-16-29)32-20-38-33-30(7-4-8-31(33)34(32)42-3)26-11-9-25(18-36)10-12-26/h4-17,19-20,23-24H,21-22H2,1-3H3/t23-,24+. The predicted octanol–water partition coefficient (Wildman–Crippen LogP) is 6.58. The lowest BCUT2D eigenvalue weighted by molar-refractivity contribution is 0.0574. The monoisotopic (exact) mass is 553 g/mol. The van der Waals surface area contributed by atoms with E-state index in [1.165, 1.54) is 0 Å². The number of aromatic nitrogens is 2. The fourth-order valence-corrected chi connectivity index (χ4v) is 6.01. The molecule has 7 heteroatoms. The lowest BCUT2D eigenvalue weighted by Gasteiger charge is -2.45. The van der Waals surface area contributed by atoms with E-state index in [4.69, 9.17) is 15.0 Å². The molecule has 0 N–H and O–H groups in total. The summed E-state index contributed by atoms with van der Waals surface area (Å²) >= 11 is 0. The van der Waals surface area contributed by atoms with Crippen molar-refractivity contribution in [3.05, 3.63) is 109 Å².